The molecule has 1 atom stereocenters. The third kappa shape index (κ3) is 3.05. The number of aromatic carboxylic acids is 1. The Morgan fingerprint density at radius 3 is 2.44 bits per heavy atom. The monoisotopic (exact) mass is 369 g/mol. The van der Waals surface area contributed by atoms with Gasteiger partial charge < -0.3 is 10.4 Å². The lowest BCUT2D eigenvalue weighted by Crippen LogP contribution is -2.25. The summed E-state index contributed by atoms with van der Waals surface area (Å²) in [5.74, 6) is -2.85. The number of fused-ring (bicyclic) bond motifs is 1. The summed E-state index contributed by atoms with van der Waals surface area (Å²) < 4.78 is 28.5. The average Bonchev–Trinajstić information content (AvgIpc) is 3.04. The first kappa shape index (κ1) is 16.9. The second-order valence-electron chi connectivity index (χ2n) is 6.21. The van der Waals surface area contributed by atoms with E-state index in [1.54, 1.807) is 12.1 Å². The Bertz CT molecular complexity index is 1040. The summed E-state index contributed by atoms with van der Waals surface area (Å²) in [5, 5.41) is 11.7. The predicted molar refractivity (Wildman–Crippen MR) is 92.0 cm³/mol. The van der Waals surface area contributed by atoms with E-state index in [4.69, 9.17) is 5.11 Å². The maximum absolute atomic E-state index is 13.6. The van der Waals surface area contributed by atoms with Gasteiger partial charge in [-0.25, -0.2) is 18.6 Å². The Balaban J connectivity index is 1.78. The number of imidazole rings is 1. The van der Waals surface area contributed by atoms with E-state index in [2.05, 4.69) is 10.3 Å². The number of anilines is 1. The second kappa shape index (κ2) is 6.31. The fourth-order valence-corrected chi connectivity index (χ4v) is 3.21. The highest BCUT2D eigenvalue weighted by atomic mass is 19.1. The largest absolute Gasteiger partial charge is 0.478 e. The van der Waals surface area contributed by atoms with Gasteiger partial charge in [0.05, 0.1) is 16.9 Å². The van der Waals surface area contributed by atoms with Gasteiger partial charge in [-0.05, 0) is 29.8 Å². The number of aromatic nitrogens is 2. The van der Waals surface area contributed by atoms with Crippen LogP contribution in [0.5, 0.6) is 0 Å². The van der Waals surface area contributed by atoms with E-state index >= 15 is 0 Å². The highest BCUT2D eigenvalue weighted by Crippen LogP contribution is 2.37. The number of halogens is 2. The molecule has 136 valence electrons. The van der Waals surface area contributed by atoms with Crippen LogP contribution in [0.3, 0.4) is 0 Å². The van der Waals surface area contributed by atoms with Crippen LogP contribution >= 0.6 is 0 Å². The third-order valence-corrected chi connectivity index (χ3v) is 4.46. The standard InChI is InChI=1S/C19H13F2N3O3/c20-12-5-13(21)7-14(6-12)24-9-22-17-15(8-16(25)23-18(17)24)10-1-3-11(4-2-10)19(26)27/h1-7,9,15H,8H2,(H,23,25)(H,26,27). The average molecular weight is 369 g/mol. The van der Waals surface area contributed by atoms with Crippen molar-refractivity contribution < 1.29 is 23.5 Å². The van der Waals surface area contributed by atoms with E-state index in [1.807, 2.05) is 0 Å². The van der Waals surface area contributed by atoms with Crippen molar-refractivity contribution in [1.29, 1.82) is 0 Å². The van der Waals surface area contributed by atoms with Crippen molar-refractivity contribution in [3.8, 4) is 5.69 Å². The van der Waals surface area contributed by atoms with Gasteiger partial charge in [0.2, 0.25) is 5.91 Å². The molecule has 2 N–H and O–H groups in total. The minimum Gasteiger partial charge on any atom is -0.478 e. The van der Waals surface area contributed by atoms with E-state index in [9.17, 15) is 18.4 Å². The first-order chi connectivity index (χ1) is 12.9. The highest BCUT2D eigenvalue weighted by molar-refractivity contribution is 5.94. The Labute approximate surface area is 152 Å². The quantitative estimate of drug-likeness (QED) is 0.742. The molecule has 6 nitrogen and oxygen atoms in total. The van der Waals surface area contributed by atoms with Crippen LogP contribution in [0.15, 0.2) is 48.8 Å². The Morgan fingerprint density at radius 1 is 1.15 bits per heavy atom. The summed E-state index contributed by atoms with van der Waals surface area (Å²) in [7, 11) is 0. The topological polar surface area (TPSA) is 84.2 Å². The molecule has 0 saturated carbocycles. The molecule has 0 radical (unpaired) electrons. The van der Waals surface area contributed by atoms with E-state index in [1.165, 1.54) is 23.0 Å². The van der Waals surface area contributed by atoms with Gasteiger partial charge in [-0.15, -0.1) is 0 Å². The number of benzene rings is 2. The van der Waals surface area contributed by atoms with Gasteiger partial charge in [0.1, 0.15) is 23.8 Å². The van der Waals surface area contributed by atoms with Gasteiger partial charge in [-0.3, -0.25) is 9.36 Å². The van der Waals surface area contributed by atoms with E-state index in [-0.39, 0.29) is 23.6 Å². The zero-order chi connectivity index (χ0) is 19.1. The summed E-state index contributed by atoms with van der Waals surface area (Å²) in [6.07, 6.45) is 1.52. The number of rotatable bonds is 3. The molecule has 1 amide bonds. The lowest BCUT2D eigenvalue weighted by Gasteiger charge is -2.23. The third-order valence-electron chi connectivity index (χ3n) is 4.46. The first-order valence-electron chi connectivity index (χ1n) is 8.09. The molecule has 0 aliphatic carbocycles. The van der Waals surface area contributed by atoms with Crippen LogP contribution in [0.4, 0.5) is 14.6 Å². The van der Waals surface area contributed by atoms with E-state index in [0.29, 0.717) is 11.5 Å². The first-order valence-corrected chi connectivity index (χ1v) is 8.09. The van der Waals surface area contributed by atoms with Crippen LogP contribution in [0.25, 0.3) is 5.69 Å². The Morgan fingerprint density at radius 2 is 1.81 bits per heavy atom. The summed E-state index contributed by atoms with van der Waals surface area (Å²) in [6, 6.07) is 9.24. The molecule has 1 aliphatic rings. The molecule has 1 unspecified atom stereocenters. The molecule has 1 aromatic heterocycles. The Hall–Kier alpha value is -3.55. The van der Waals surface area contributed by atoms with Crippen molar-refractivity contribution in [2.45, 2.75) is 12.3 Å². The molecule has 0 spiro atoms. The molecule has 1 aliphatic heterocycles. The van der Waals surface area contributed by atoms with Crippen LogP contribution < -0.4 is 5.32 Å². The molecular formula is C19H13F2N3O3. The van der Waals surface area contributed by atoms with Crippen LogP contribution in [-0.2, 0) is 4.79 Å². The molecule has 3 aromatic rings. The summed E-state index contributed by atoms with van der Waals surface area (Å²) >= 11 is 0. The molecule has 8 heteroatoms. The van der Waals surface area contributed by atoms with Crippen LogP contribution in [0, 0.1) is 11.6 Å². The van der Waals surface area contributed by atoms with Crippen molar-refractivity contribution in [3.63, 3.8) is 0 Å². The molecule has 27 heavy (non-hydrogen) atoms. The predicted octanol–water partition coefficient (Wildman–Crippen LogP) is 3.32. The number of hydrogen-bond donors (Lipinski definition) is 2. The van der Waals surface area contributed by atoms with Gasteiger partial charge in [0.15, 0.2) is 0 Å². The molecule has 0 saturated heterocycles. The summed E-state index contributed by atoms with van der Waals surface area (Å²) in [5.41, 5.74) is 1.61. The number of amides is 1. The van der Waals surface area contributed by atoms with Gasteiger partial charge in [0, 0.05) is 18.4 Å². The Kier molecular flexibility index (Phi) is 3.95. The number of nitrogens with one attached hydrogen (secondary N) is 1. The summed E-state index contributed by atoms with van der Waals surface area (Å²) in [6.45, 7) is 0. The van der Waals surface area contributed by atoms with E-state index < -0.39 is 23.5 Å². The maximum Gasteiger partial charge on any atom is 0.335 e. The number of carbonyl (C=O) groups excluding carboxylic acids is 1. The molecule has 0 bridgehead atoms. The number of hydrogen-bond acceptors (Lipinski definition) is 3. The SMILES string of the molecule is O=C1CC(c2ccc(C(=O)O)cc2)c2ncn(-c3cc(F)cc(F)c3)c2N1. The highest BCUT2D eigenvalue weighted by Gasteiger charge is 2.31. The second-order valence-corrected chi connectivity index (χ2v) is 6.21. The fraction of sp³-hybridized carbons (Fsp3) is 0.105. The zero-order valence-corrected chi connectivity index (χ0v) is 13.8. The van der Waals surface area contributed by atoms with Crippen molar-refractivity contribution >= 4 is 17.7 Å². The minimum atomic E-state index is -1.04. The number of carbonyl (C=O) groups is 2. The molecule has 2 heterocycles. The van der Waals surface area contributed by atoms with Gasteiger partial charge in [0.25, 0.3) is 0 Å². The minimum absolute atomic E-state index is 0.133. The molecular weight excluding hydrogens is 356 g/mol. The van der Waals surface area contributed by atoms with Crippen LogP contribution in [0.1, 0.15) is 34.0 Å². The fourth-order valence-electron chi connectivity index (χ4n) is 3.21. The normalized spacial score (nSPS) is 15.9. The number of nitrogens with zero attached hydrogens (tertiary/aromatic N) is 2. The van der Waals surface area contributed by atoms with Crippen molar-refractivity contribution in [2.75, 3.05) is 5.32 Å². The van der Waals surface area contributed by atoms with Gasteiger partial charge in [-0.1, -0.05) is 12.1 Å². The molecule has 0 fully saturated rings. The number of carboxylic acid groups (broad SMARTS) is 1. The van der Waals surface area contributed by atoms with Gasteiger partial charge >= 0.3 is 5.97 Å². The lowest BCUT2D eigenvalue weighted by atomic mass is 9.89. The maximum atomic E-state index is 13.6. The zero-order valence-electron chi connectivity index (χ0n) is 13.8. The summed E-state index contributed by atoms with van der Waals surface area (Å²) in [4.78, 5) is 27.5. The van der Waals surface area contributed by atoms with Crippen molar-refractivity contribution in [1.82, 2.24) is 9.55 Å². The lowest BCUT2D eigenvalue weighted by molar-refractivity contribution is -0.116. The van der Waals surface area contributed by atoms with Gasteiger partial charge in [-0.2, -0.15) is 0 Å². The van der Waals surface area contributed by atoms with Crippen molar-refractivity contribution in [2.24, 2.45) is 0 Å². The van der Waals surface area contributed by atoms with Crippen LogP contribution in [0.2, 0.25) is 0 Å². The smallest absolute Gasteiger partial charge is 0.335 e. The van der Waals surface area contributed by atoms with Crippen LogP contribution in [-0.4, -0.2) is 26.5 Å². The number of carboxylic acids is 1. The molecule has 4 rings (SSSR count). The molecule has 2 aromatic carbocycles. The van der Waals surface area contributed by atoms with E-state index in [0.717, 1.165) is 23.8 Å². The van der Waals surface area contributed by atoms with Crippen molar-refractivity contribution in [3.05, 3.63) is 77.2 Å².